The average molecular weight is 584 g/mol. The molecule has 1 heterocycles. The molecule has 1 atom stereocenters. The van der Waals surface area contributed by atoms with E-state index in [0.717, 1.165) is 5.56 Å². The molecule has 3 aromatic carbocycles. The Hall–Kier alpha value is -3.89. The second kappa shape index (κ2) is 13.0. The lowest BCUT2D eigenvalue weighted by Gasteiger charge is -2.19. The fourth-order valence-corrected chi connectivity index (χ4v) is 5.36. The predicted octanol–water partition coefficient (Wildman–Crippen LogP) is 5.64. The van der Waals surface area contributed by atoms with E-state index >= 15 is 0 Å². The highest BCUT2D eigenvalue weighted by Gasteiger charge is 2.23. The van der Waals surface area contributed by atoms with Crippen LogP contribution in [-0.4, -0.2) is 49.1 Å². The van der Waals surface area contributed by atoms with Crippen molar-refractivity contribution in [3.63, 3.8) is 0 Å². The molecule has 0 fully saturated rings. The highest BCUT2D eigenvalue weighted by molar-refractivity contribution is 8.00. The number of aromatic nitrogens is 2. The summed E-state index contributed by atoms with van der Waals surface area (Å²) in [4.78, 5) is 32.0. The molecule has 0 aliphatic rings. The number of anilines is 1. The number of amides is 1. The van der Waals surface area contributed by atoms with Crippen molar-refractivity contribution in [3.05, 3.63) is 75.5 Å². The molecule has 0 radical (unpaired) electrons. The molecule has 4 aromatic rings. The number of halogens is 1. The van der Waals surface area contributed by atoms with Gasteiger partial charge in [0.15, 0.2) is 16.7 Å². The summed E-state index contributed by atoms with van der Waals surface area (Å²) in [5, 5.41) is 3.52. The van der Waals surface area contributed by atoms with Crippen LogP contribution in [0.1, 0.15) is 18.9 Å². The van der Waals surface area contributed by atoms with Crippen LogP contribution in [-0.2, 0) is 11.3 Å². The zero-order chi connectivity index (χ0) is 28.8. The zero-order valence-corrected chi connectivity index (χ0v) is 24.4. The van der Waals surface area contributed by atoms with E-state index in [2.05, 4.69) is 5.32 Å². The molecular formula is C29H30ClN3O6S. The van der Waals surface area contributed by atoms with Gasteiger partial charge in [0.2, 0.25) is 5.91 Å². The highest BCUT2D eigenvalue weighted by Crippen LogP contribution is 2.33. The monoisotopic (exact) mass is 583 g/mol. The minimum absolute atomic E-state index is 0.244. The van der Waals surface area contributed by atoms with Crippen LogP contribution in [0.2, 0.25) is 5.02 Å². The SMILES string of the molecule is CCC(Sc1nc2cc(OC)c(OC)cc2c(=O)n1Cc1ccc(OC)cc1)C(=O)Nc1ccc(OC)c(Cl)c1. The Balaban J connectivity index is 1.74. The van der Waals surface area contributed by atoms with Crippen molar-refractivity contribution < 1.29 is 23.7 Å². The van der Waals surface area contributed by atoms with E-state index in [9.17, 15) is 9.59 Å². The lowest BCUT2D eigenvalue weighted by molar-refractivity contribution is -0.115. The van der Waals surface area contributed by atoms with Crippen LogP contribution in [0.4, 0.5) is 5.69 Å². The number of rotatable bonds is 11. The fraction of sp³-hybridized carbons (Fsp3) is 0.276. The maximum Gasteiger partial charge on any atom is 0.262 e. The van der Waals surface area contributed by atoms with Crippen molar-refractivity contribution in [2.75, 3.05) is 33.8 Å². The van der Waals surface area contributed by atoms with Crippen LogP contribution in [0.3, 0.4) is 0 Å². The Kier molecular flexibility index (Phi) is 9.44. The summed E-state index contributed by atoms with van der Waals surface area (Å²) in [5.41, 5.74) is 1.58. The molecule has 0 bridgehead atoms. The van der Waals surface area contributed by atoms with E-state index in [-0.39, 0.29) is 18.0 Å². The van der Waals surface area contributed by atoms with E-state index < -0.39 is 5.25 Å². The number of hydrogen-bond donors (Lipinski definition) is 1. The van der Waals surface area contributed by atoms with Gasteiger partial charge in [-0.25, -0.2) is 4.98 Å². The average Bonchev–Trinajstić information content (AvgIpc) is 2.97. The van der Waals surface area contributed by atoms with Crippen LogP contribution >= 0.6 is 23.4 Å². The van der Waals surface area contributed by atoms with E-state index in [1.165, 1.54) is 33.1 Å². The highest BCUT2D eigenvalue weighted by atomic mass is 35.5. The normalized spacial score (nSPS) is 11.7. The molecule has 9 nitrogen and oxygen atoms in total. The molecule has 1 aromatic heterocycles. The molecule has 4 rings (SSSR count). The summed E-state index contributed by atoms with van der Waals surface area (Å²) in [6, 6.07) is 15.8. The zero-order valence-electron chi connectivity index (χ0n) is 22.8. The molecule has 1 unspecified atom stereocenters. The van der Waals surface area contributed by atoms with Crippen molar-refractivity contribution in [3.8, 4) is 23.0 Å². The van der Waals surface area contributed by atoms with Gasteiger partial charge in [0, 0.05) is 11.8 Å². The van der Waals surface area contributed by atoms with Crippen molar-refractivity contribution in [2.24, 2.45) is 0 Å². The van der Waals surface area contributed by atoms with Crippen LogP contribution in [0.25, 0.3) is 10.9 Å². The number of nitrogens with one attached hydrogen (secondary N) is 1. The van der Waals surface area contributed by atoms with Gasteiger partial charge in [0.1, 0.15) is 11.5 Å². The first-order chi connectivity index (χ1) is 19.3. The van der Waals surface area contributed by atoms with Crippen LogP contribution in [0, 0.1) is 0 Å². The number of fused-ring (bicyclic) bond motifs is 1. The lowest BCUT2D eigenvalue weighted by Crippen LogP contribution is -2.28. The summed E-state index contributed by atoms with van der Waals surface area (Å²) in [5.74, 6) is 1.85. The van der Waals surface area contributed by atoms with Gasteiger partial charge in [0.25, 0.3) is 5.56 Å². The first kappa shape index (κ1) is 29.1. The molecule has 210 valence electrons. The molecular weight excluding hydrogens is 554 g/mol. The smallest absolute Gasteiger partial charge is 0.262 e. The minimum Gasteiger partial charge on any atom is -0.497 e. The van der Waals surface area contributed by atoms with Crippen LogP contribution in [0.15, 0.2) is 64.5 Å². The van der Waals surface area contributed by atoms with E-state index in [1.54, 1.807) is 42.0 Å². The number of ether oxygens (including phenoxy) is 4. The molecule has 0 saturated carbocycles. The number of benzene rings is 3. The summed E-state index contributed by atoms with van der Waals surface area (Å²) >= 11 is 7.45. The van der Waals surface area contributed by atoms with E-state index in [0.29, 0.717) is 56.2 Å². The summed E-state index contributed by atoms with van der Waals surface area (Å²) in [6.07, 6.45) is 0.489. The number of carbonyl (C=O) groups excluding carboxylic acids is 1. The molecule has 0 aliphatic carbocycles. The maximum atomic E-state index is 13.8. The second-order valence-corrected chi connectivity index (χ2v) is 10.3. The van der Waals surface area contributed by atoms with Gasteiger partial charge in [-0.05, 0) is 48.4 Å². The number of methoxy groups -OCH3 is 4. The number of carbonyl (C=O) groups is 1. The van der Waals surface area contributed by atoms with Crippen molar-refractivity contribution in [2.45, 2.75) is 30.3 Å². The minimum atomic E-state index is -0.549. The molecule has 0 spiro atoms. The number of hydrogen-bond acceptors (Lipinski definition) is 8. The Morgan fingerprint density at radius 3 is 2.23 bits per heavy atom. The quantitative estimate of drug-likeness (QED) is 0.179. The third-order valence-electron chi connectivity index (χ3n) is 6.25. The molecule has 1 N–H and O–H groups in total. The molecule has 0 aliphatic heterocycles. The van der Waals surface area contributed by atoms with Crippen molar-refractivity contribution in [1.29, 1.82) is 0 Å². The van der Waals surface area contributed by atoms with Gasteiger partial charge in [-0.3, -0.25) is 14.2 Å². The van der Waals surface area contributed by atoms with Crippen LogP contribution in [0.5, 0.6) is 23.0 Å². The van der Waals surface area contributed by atoms with Crippen molar-refractivity contribution in [1.82, 2.24) is 9.55 Å². The Bertz CT molecular complexity index is 1580. The third kappa shape index (κ3) is 6.29. The van der Waals surface area contributed by atoms with Crippen molar-refractivity contribution >= 4 is 45.9 Å². The Morgan fingerprint density at radius 2 is 1.62 bits per heavy atom. The Morgan fingerprint density at radius 1 is 0.950 bits per heavy atom. The summed E-state index contributed by atoms with van der Waals surface area (Å²) in [7, 11) is 6.15. The largest absolute Gasteiger partial charge is 0.497 e. The first-order valence-electron chi connectivity index (χ1n) is 12.4. The predicted molar refractivity (Wildman–Crippen MR) is 158 cm³/mol. The molecule has 40 heavy (non-hydrogen) atoms. The Labute approximate surface area is 241 Å². The third-order valence-corrected chi connectivity index (χ3v) is 7.90. The lowest BCUT2D eigenvalue weighted by atomic mass is 10.2. The van der Waals surface area contributed by atoms with Gasteiger partial charge in [-0.1, -0.05) is 42.4 Å². The summed E-state index contributed by atoms with van der Waals surface area (Å²) in [6.45, 7) is 2.15. The van der Waals surface area contributed by atoms with E-state index in [4.69, 9.17) is 35.5 Å². The van der Waals surface area contributed by atoms with Gasteiger partial charge >= 0.3 is 0 Å². The fourth-order valence-electron chi connectivity index (χ4n) is 4.09. The van der Waals surface area contributed by atoms with Gasteiger partial charge in [0.05, 0.1) is 56.2 Å². The molecule has 1 amide bonds. The molecule has 11 heteroatoms. The van der Waals surface area contributed by atoms with Gasteiger partial charge < -0.3 is 24.3 Å². The van der Waals surface area contributed by atoms with Gasteiger partial charge in [-0.2, -0.15) is 0 Å². The number of thioether (sulfide) groups is 1. The topological polar surface area (TPSA) is 101 Å². The number of nitrogens with zero attached hydrogens (tertiary/aromatic N) is 2. The van der Waals surface area contributed by atoms with Crippen LogP contribution < -0.4 is 29.8 Å². The first-order valence-corrected chi connectivity index (χ1v) is 13.7. The summed E-state index contributed by atoms with van der Waals surface area (Å²) < 4.78 is 22.9. The second-order valence-electron chi connectivity index (χ2n) is 8.71. The standard InChI is InChI=1S/C29H30ClN3O6S/c1-6-26(27(34)31-18-9-12-23(37-3)21(30)13-18)40-29-32-22-15-25(39-5)24(38-4)14-20(22)28(35)33(29)16-17-7-10-19(36-2)11-8-17/h7-15,26H,6,16H2,1-5H3,(H,31,34). The molecule has 0 saturated heterocycles. The van der Waals surface area contributed by atoms with E-state index in [1.807, 2.05) is 31.2 Å². The van der Waals surface area contributed by atoms with Gasteiger partial charge in [-0.15, -0.1) is 0 Å². The maximum absolute atomic E-state index is 13.8.